The van der Waals surface area contributed by atoms with Crippen LogP contribution in [0.5, 0.6) is 0 Å². The number of aryl methyl sites for hydroxylation is 1. The minimum absolute atomic E-state index is 1.24. The van der Waals surface area contributed by atoms with Crippen LogP contribution in [0.2, 0.25) is 0 Å². The van der Waals surface area contributed by atoms with Crippen molar-refractivity contribution >= 4 is 21.8 Å². The zero-order chi connectivity index (χ0) is 12.6. The monoisotopic (exact) mass is 254 g/mol. The van der Waals surface area contributed by atoms with E-state index in [-0.39, 0.29) is 0 Å². The lowest BCUT2D eigenvalue weighted by atomic mass is 10.1. The number of rotatable bonds is 3. The van der Waals surface area contributed by atoms with Gasteiger partial charge in [-0.15, -0.1) is 0 Å². The number of benzene rings is 1. The first-order valence-corrected chi connectivity index (χ1v) is 5.82. The predicted octanol–water partition coefficient (Wildman–Crippen LogP) is 3.56. The average Bonchev–Trinajstić information content (AvgIpc) is 2.14. The molecule has 0 saturated heterocycles. The average molecular weight is 254 g/mol. The second kappa shape index (κ2) is 7.67. The Bertz CT molecular complexity index is 278. The number of unbranched alkanes of at least 4 members (excludes halogenated alkanes) is 1. The van der Waals surface area contributed by atoms with Crippen molar-refractivity contribution < 1.29 is 17.3 Å². The van der Waals surface area contributed by atoms with Gasteiger partial charge in [0, 0.05) is 9.24 Å². The minimum atomic E-state index is -6.00. The van der Waals surface area contributed by atoms with Crippen LogP contribution < -0.4 is 5.30 Å². The molecule has 0 heterocycles. The first-order valence-electron chi connectivity index (χ1n) is 5.11. The van der Waals surface area contributed by atoms with E-state index in [4.69, 9.17) is 0 Å². The Labute approximate surface area is 95.7 Å². The summed E-state index contributed by atoms with van der Waals surface area (Å²) in [5.74, 6) is 0. The van der Waals surface area contributed by atoms with Gasteiger partial charge in [-0.1, -0.05) is 25.5 Å². The second-order valence-corrected chi connectivity index (χ2v) is 4.23. The summed E-state index contributed by atoms with van der Waals surface area (Å²) < 4.78 is 39.0. The Hall–Kier alpha value is -0.565. The van der Waals surface area contributed by atoms with Gasteiger partial charge < -0.3 is 17.3 Å². The molecular formula is C10H16BF4P. The molecule has 1 rings (SSSR count). The SMILES string of the molecule is CCCCc1ccc([PH3+])cc1.F[B-](F)(F)F. The number of hydrogen-bond donors (Lipinski definition) is 0. The molecule has 0 bridgehead atoms. The van der Waals surface area contributed by atoms with Gasteiger partial charge in [-0.3, -0.25) is 0 Å². The molecule has 0 spiro atoms. The molecule has 0 N–H and O–H groups in total. The van der Waals surface area contributed by atoms with Gasteiger partial charge in [-0.2, -0.15) is 0 Å². The molecule has 6 heteroatoms. The van der Waals surface area contributed by atoms with Gasteiger partial charge in [0.25, 0.3) is 0 Å². The molecule has 0 aromatic heterocycles. The van der Waals surface area contributed by atoms with Crippen molar-refractivity contribution in [2.24, 2.45) is 0 Å². The number of halogens is 4. The van der Waals surface area contributed by atoms with E-state index >= 15 is 0 Å². The maximum Gasteiger partial charge on any atom is 0.673 e. The maximum absolute atomic E-state index is 9.75. The van der Waals surface area contributed by atoms with Gasteiger partial charge in [0.2, 0.25) is 0 Å². The molecule has 0 nitrogen and oxygen atoms in total. The standard InChI is InChI=1S/C10H15P.BF4/c1-2-3-4-9-5-7-10(11)8-6-9;2-1(3,4)5/h5-8H,2-4,11H2,1H3;/q;-1/p+1. The fraction of sp³-hybridized carbons (Fsp3) is 0.400. The summed E-state index contributed by atoms with van der Waals surface area (Å²) in [6.45, 7) is 2.23. The molecule has 1 aromatic rings. The summed E-state index contributed by atoms with van der Waals surface area (Å²) in [4.78, 5) is 0. The Morgan fingerprint density at radius 3 is 1.88 bits per heavy atom. The van der Waals surface area contributed by atoms with Crippen molar-refractivity contribution in [2.45, 2.75) is 26.2 Å². The highest BCUT2D eigenvalue weighted by Crippen LogP contribution is 2.06. The van der Waals surface area contributed by atoms with Gasteiger partial charge in [-0.25, -0.2) is 0 Å². The van der Waals surface area contributed by atoms with Crippen molar-refractivity contribution in [3.05, 3.63) is 29.8 Å². The molecule has 0 radical (unpaired) electrons. The topological polar surface area (TPSA) is 0 Å². The van der Waals surface area contributed by atoms with E-state index in [1.807, 2.05) is 9.24 Å². The van der Waals surface area contributed by atoms with Crippen LogP contribution in [-0.4, -0.2) is 7.25 Å². The minimum Gasteiger partial charge on any atom is -0.418 e. The molecule has 0 saturated carbocycles. The maximum atomic E-state index is 9.75. The van der Waals surface area contributed by atoms with Gasteiger partial charge in [0.05, 0.1) is 5.30 Å². The fourth-order valence-corrected chi connectivity index (χ4v) is 1.32. The van der Waals surface area contributed by atoms with Crippen LogP contribution in [0.15, 0.2) is 24.3 Å². The lowest BCUT2D eigenvalue weighted by Crippen LogP contribution is -2.02. The molecule has 1 aromatic carbocycles. The van der Waals surface area contributed by atoms with Crippen LogP contribution in [0.4, 0.5) is 17.3 Å². The largest absolute Gasteiger partial charge is 0.673 e. The molecule has 1 atom stereocenters. The van der Waals surface area contributed by atoms with Crippen molar-refractivity contribution in [1.29, 1.82) is 0 Å². The predicted molar refractivity (Wildman–Crippen MR) is 66.0 cm³/mol. The first kappa shape index (κ1) is 15.4. The Kier molecular flexibility index (Phi) is 7.40. The smallest absolute Gasteiger partial charge is 0.418 e. The van der Waals surface area contributed by atoms with E-state index in [9.17, 15) is 17.3 Å². The third-order valence-electron chi connectivity index (χ3n) is 1.84. The van der Waals surface area contributed by atoms with Gasteiger partial charge in [-0.05, 0) is 30.5 Å². The fourth-order valence-electron chi connectivity index (χ4n) is 1.09. The number of hydrogen-bond acceptors (Lipinski definition) is 0. The molecule has 16 heavy (non-hydrogen) atoms. The van der Waals surface area contributed by atoms with E-state index in [1.54, 1.807) is 0 Å². The van der Waals surface area contributed by atoms with Crippen molar-refractivity contribution in [3.63, 3.8) is 0 Å². The van der Waals surface area contributed by atoms with Crippen LogP contribution in [0.3, 0.4) is 0 Å². The van der Waals surface area contributed by atoms with Crippen molar-refractivity contribution in [3.8, 4) is 0 Å². The van der Waals surface area contributed by atoms with E-state index in [0.717, 1.165) is 0 Å². The Morgan fingerprint density at radius 1 is 1.06 bits per heavy atom. The van der Waals surface area contributed by atoms with Gasteiger partial charge >= 0.3 is 7.25 Å². The molecular weight excluding hydrogens is 238 g/mol. The third kappa shape index (κ3) is 11.5. The van der Waals surface area contributed by atoms with Gasteiger partial charge in [0.1, 0.15) is 0 Å². The summed E-state index contributed by atoms with van der Waals surface area (Å²) in [7, 11) is -4.06. The summed E-state index contributed by atoms with van der Waals surface area (Å²) in [6.07, 6.45) is 3.83. The van der Waals surface area contributed by atoms with E-state index in [0.29, 0.717) is 0 Å². The summed E-state index contributed by atoms with van der Waals surface area (Å²) >= 11 is 0. The normalized spacial score (nSPS) is 10.8. The zero-order valence-corrected chi connectivity index (χ0v) is 10.6. The molecule has 1 unspecified atom stereocenters. The van der Waals surface area contributed by atoms with Crippen molar-refractivity contribution in [1.82, 2.24) is 0 Å². The second-order valence-electron chi connectivity index (χ2n) is 3.41. The summed E-state index contributed by atoms with van der Waals surface area (Å²) in [6, 6.07) is 8.86. The van der Waals surface area contributed by atoms with Crippen LogP contribution >= 0.6 is 9.24 Å². The zero-order valence-electron chi connectivity index (χ0n) is 9.23. The highest BCUT2D eigenvalue weighted by Gasteiger charge is 2.20. The summed E-state index contributed by atoms with van der Waals surface area (Å²) in [5, 5.41) is 1.38. The van der Waals surface area contributed by atoms with Crippen LogP contribution in [0, 0.1) is 0 Å². The van der Waals surface area contributed by atoms with E-state index in [2.05, 4.69) is 31.2 Å². The van der Waals surface area contributed by atoms with E-state index < -0.39 is 7.25 Å². The lowest BCUT2D eigenvalue weighted by molar-refractivity contribution is 0.368. The Balaban J connectivity index is 0.000000385. The highest BCUT2D eigenvalue weighted by atomic mass is 31.0. The molecule has 0 aliphatic rings. The van der Waals surface area contributed by atoms with E-state index in [1.165, 1.54) is 30.1 Å². The van der Waals surface area contributed by atoms with Crippen LogP contribution in [-0.2, 0) is 6.42 Å². The summed E-state index contributed by atoms with van der Waals surface area (Å²) in [5.41, 5.74) is 1.47. The molecule has 0 amide bonds. The molecule has 0 aliphatic heterocycles. The molecule has 0 fully saturated rings. The van der Waals surface area contributed by atoms with Gasteiger partial charge in [0.15, 0.2) is 0 Å². The molecule has 0 aliphatic carbocycles. The van der Waals surface area contributed by atoms with Crippen LogP contribution in [0.1, 0.15) is 25.3 Å². The lowest BCUT2D eigenvalue weighted by Gasteiger charge is -1.97. The third-order valence-corrected chi connectivity index (χ3v) is 2.31. The molecule has 92 valence electrons. The van der Waals surface area contributed by atoms with Crippen molar-refractivity contribution in [2.75, 3.05) is 0 Å². The van der Waals surface area contributed by atoms with Crippen LogP contribution in [0.25, 0.3) is 0 Å². The quantitative estimate of drug-likeness (QED) is 0.439. The first-order chi connectivity index (χ1) is 7.33. The Morgan fingerprint density at radius 2 is 1.50 bits per heavy atom. The highest BCUT2D eigenvalue weighted by molar-refractivity contribution is 7.27.